The van der Waals surface area contributed by atoms with Crippen molar-refractivity contribution >= 4 is 40.5 Å². The molecular formula is C22H19N3O2S. The highest BCUT2D eigenvalue weighted by Crippen LogP contribution is 2.14. The van der Waals surface area contributed by atoms with E-state index in [0.717, 1.165) is 5.56 Å². The zero-order valence-corrected chi connectivity index (χ0v) is 15.8. The molecular weight excluding hydrogens is 370 g/mol. The average Bonchev–Trinajstić information content (AvgIpc) is 2.70. The number of thiocarbonyl (C=S) groups is 1. The Kier molecular flexibility index (Phi) is 6.49. The first kappa shape index (κ1) is 19.3. The molecule has 3 aromatic rings. The van der Waals surface area contributed by atoms with E-state index in [-0.39, 0.29) is 23.3 Å². The van der Waals surface area contributed by atoms with E-state index in [0.29, 0.717) is 16.9 Å². The molecule has 0 saturated heterocycles. The maximum atomic E-state index is 12.2. The van der Waals surface area contributed by atoms with Crippen LogP contribution in [-0.4, -0.2) is 16.9 Å². The Morgan fingerprint density at radius 3 is 1.86 bits per heavy atom. The first-order chi connectivity index (χ1) is 13.6. The Hall–Kier alpha value is -3.51. The summed E-state index contributed by atoms with van der Waals surface area (Å²) in [6.45, 7) is 0. The number of carbonyl (C=O) groups excluding carboxylic acids is 2. The lowest BCUT2D eigenvalue weighted by Gasteiger charge is -2.11. The summed E-state index contributed by atoms with van der Waals surface area (Å²) in [6.07, 6.45) is 0.257. The third kappa shape index (κ3) is 5.75. The molecule has 0 aromatic heterocycles. The average molecular weight is 389 g/mol. The number of hydrogen-bond donors (Lipinski definition) is 3. The predicted molar refractivity (Wildman–Crippen MR) is 115 cm³/mol. The van der Waals surface area contributed by atoms with E-state index in [1.54, 1.807) is 36.4 Å². The van der Waals surface area contributed by atoms with E-state index in [1.807, 2.05) is 48.5 Å². The molecule has 0 unspecified atom stereocenters. The van der Waals surface area contributed by atoms with E-state index in [1.165, 1.54) is 0 Å². The Morgan fingerprint density at radius 1 is 0.714 bits per heavy atom. The van der Waals surface area contributed by atoms with Crippen LogP contribution in [0.15, 0.2) is 84.9 Å². The fraction of sp³-hybridized carbons (Fsp3) is 0.0455. The van der Waals surface area contributed by atoms with Crippen molar-refractivity contribution in [1.29, 1.82) is 0 Å². The third-order valence-electron chi connectivity index (χ3n) is 3.90. The van der Waals surface area contributed by atoms with Gasteiger partial charge in [0.15, 0.2) is 5.11 Å². The summed E-state index contributed by atoms with van der Waals surface area (Å²) >= 11 is 5.18. The highest BCUT2D eigenvalue weighted by Gasteiger charge is 2.07. The molecule has 0 spiro atoms. The SMILES string of the molecule is O=C(Cc1ccccc1)NC(=S)Nc1ccc(NC(=O)c2ccccc2)cc1. The number of amides is 2. The zero-order valence-electron chi connectivity index (χ0n) is 15.0. The van der Waals surface area contributed by atoms with Crippen molar-refractivity contribution in [1.82, 2.24) is 5.32 Å². The van der Waals surface area contributed by atoms with Crippen molar-refractivity contribution in [3.63, 3.8) is 0 Å². The van der Waals surface area contributed by atoms with Crippen LogP contribution in [0.4, 0.5) is 11.4 Å². The predicted octanol–water partition coefficient (Wildman–Crippen LogP) is 3.99. The maximum absolute atomic E-state index is 12.2. The van der Waals surface area contributed by atoms with Gasteiger partial charge in [0.2, 0.25) is 5.91 Å². The van der Waals surface area contributed by atoms with Gasteiger partial charge in [-0.05, 0) is 54.2 Å². The minimum absolute atomic E-state index is 0.176. The van der Waals surface area contributed by atoms with Crippen LogP contribution in [0.3, 0.4) is 0 Å². The fourth-order valence-electron chi connectivity index (χ4n) is 2.54. The van der Waals surface area contributed by atoms with Gasteiger partial charge in [-0.2, -0.15) is 0 Å². The number of rotatable bonds is 5. The molecule has 28 heavy (non-hydrogen) atoms. The lowest BCUT2D eigenvalue weighted by Crippen LogP contribution is -2.35. The molecule has 0 bridgehead atoms. The molecule has 0 aliphatic rings. The van der Waals surface area contributed by atoms with Crippen molar-refractivity contribution in [3.8, 4) is 0 Å². The van der Waals surface area contributed by atoms with Crippen LogP contribution in [0, 0.1) is 0 Å². The van der Waals surface area contributed by atoms with Gasteiger partial charge in [0.25, 0.3) is 5.91 Å². The van der Waals surface area contributed by atoms with E-state index in [4.69, 9.17) is 12.2 Å². The van der Waals surface area contributed by atoms with Crippen molar-refractivity contribution in [2.75, 3.05) is 10.6 Å². The standard InChI is InChI=1S/C22H19N3O2S/c26-20(15-16-7-3-1-4-8-16)25-22(28)24-19-13-11-18(12-14-19)23-21(27)17-9-5-2-6-10-17/h1-14H,15H2,(H,23,27)(H2,24,25,26,28). The number of carbonyl (C=O) groups is 2. The van der Waals surface area contributed by atoms with Crippen molar-refractivity contribution in [3.05, 3.63) is 96.1 Å². The lowest BCUT2D eigenvalue weighted by molar-refractivity contribution is -0.119. The number of hydrogen-bond acceptors (Lipinski definition) is 3. The fourth-order valence-corrected chi connectivity index (χ4v) is 2.78. The minimum atomic E-state index is -0.185. The van der Waals surface area contributed by atoms with Crippen LogP contribution >= 0.6 is 12.2 Å². The van der Waals surface area contributed by atoms with Crippen LogP contribution in [0.5, 0.6) is 0 Å². The van der Waals surface area contributed by atoms with Gasteiger partial charge in [-0.1, -0.05) is 48.5 Å². The second-order valence-corrected chi connectivity index (χ2v) is 6.47. The molecule has 6 heteroatoms. The molecule has 3 rings (SSSR count). The molecule has 0 radical (unpaired) electrons. The van der Waals surface area contributed by atoms with Crippen LogP contribution in [-0.2, 0) is 11.2 Å². The smallest absolute Gasteiger partial charge is 0.255 e. The Bertz CT molecular complexity index is 958. The van der Waals surface area contributed by atoms with Crippen LogP contribution in [0.1, 0.15) is 15.9 Å². The van der Waals surface area contributed by atoms with E-state index < -0.39 is 0 Å². The van der Waals surface area contributed by atoms with Gasteiger partial charge in [-0.3, -0.25) is 9.59 Å². The van der Waals surface area contributed by atoms with Gasteiger partial charge in [0.1, 0.15) is 0 Å². The molecule has 3 aromatic carbocycles. The topological polar surface area (TPSA) is 70.2 Å². The number of benzene rings is 3. The Balaban J connectivity index is 1.50. The van der Waals surface area contributed by atoms with Gasteiger partial charge < -0.3 is 16.0 Å². The summed E-state index contributed by atoms with van der Waals surface area (Å²) in [5, 5.41) is 8.67. The number of nitrogens with one attached hydrogen (secondary N) is 3. The highest BCUT2D eigenvalue weighted by atomic mass is 32.1. The molecule has 0 atom stereocenters. The van der Waals surface area contributed by atoms with Crippen molar-refractivity contribution in [2.24, 2.45) is 0 Å². The van der Waals surface area contributed by atoms with Crippen LogP contribution in [0.2, 0.25) is 0 Å². The second kappa shape index (κ2) is 9.43. The summed E-state index contributed by atoms with van der Waals surface area (Å²) in [5.41, 5.74) is 2.88. The van der Waals surface area contributed by atoms with Gasteiger partial charge >= 0.3 is 0 Å². The summed E-state index contributed by atoms with van der Waals surface area (Å²) in [4.78, 5) is 24.2. The van der Waals surface area contributed by atoms with Gasteiger partial charge in [-0.25, -0.2) is 0 Å². The lowest BCUT2D eigenvalue weighted by atomic mass is 10.1. The molecule has 2 amide bonds. The van der Waals surface area contributed by atoms with Gasteiger partial charge in [0.05, 0.1) is 6.42 Å². The molecule has 0 heterocycles. The number of anilines is 2. The first-order valence-corrected chi connectivity index (χ1v) is 9.12. The molecule has 0 saturated carbocycles. The Labute approximate surface area is 168 Å². The van der Waals surface area contributed by atoms with E-state index in [9.17, 15) is 9.59 Å². The summed E-state index contributed by atoms with van der Waals surface area (Å²) in [5.74, 6) is -0.361. The Morgan fingerprint density at radius 2 is 1.25 bits per heavy atom. The summed E-state index contributed by atoms with van der Waals surface area (Å²) in [7, 11) is 0. The van der Waals surface area contributed by atoms with Crippen molar-refractivity contribution in [2.45, 2.75) is 6.42 Å². The first-order valence-electron chi connectivity index (χ1n) is 8.71. The normalized spacial score (nSPS) is 10.0. The second-order valence-electron chi connectivity index (χ2n) is 6.06. The minimum Gasteiger partial charge on any atom is -0.332 e. The molecule has 3 N–H and O–H groups in total. The van der Waals surface area contributed by atoms with Crippen LogP contribution in [0.25, 0.3) is 0 Å². The molecule has 140 valence electrons. The van der Waals surface area contributed by atoms with E-state index in [2.05, 4.69) is 16.0 Å². The van der Waals surface area contributed by atoms with Gasteiger partial charge in [-0.15, -0.1) is 0 Å². The summed E-state index contributed by atoms with van der Waals surface area (Å²) in [6, 6.07) is 25.5. The van der Waals surface area contributed by atoms with Gasteiger partial charge in [0, 0.05) is 16.9 Å². The van der Waals surface area contributed by atoms with E-state index >= 15 is 0 Å². The molecule has 5 nitrogen and oxygen atoms in total. The zero-order chi connectivity index (χ0) is 19.8. The third-order valence-corrected chi connectivity index (χ3v) is 4.10. The monoisotopic (exact) mass is 389 g/mol. The highest BCUT2D eigenvalue weighted by molar-refractivity contribution is 7.80. The maximum Gasteiger partial charge on any atom is 0.255 e. The molecule has 0 aliphatic heterocycles. The molecule has 0 aliphatic carbocycles. The summed E-state index contributed by atoms with van der Waals surface area (Å²) < 4.78 is 0. The molecule has 0 fully saturated rings. The largest absolute Gasteiger partial charge is 0.332 e. The quantitative estimate of drug-likeness (QED) is 0.577. The van der Waals surface area contributed by atoms with Crippen LogP contribution < -0.4 is 16.0 Å². The van der Waals surface area contributed by atoms with Crippen molar-refractivity contribution < 1.29 is 9.59 Å².